The lowest BCUT2D eigenvalue weighted by Gasteiger charge is -2.32. The van der Waals surface area contributed by atoms with Crippen LogP contribution in [0, 0.1) is 0 Å². The van der Waals surface area contributed by atoms with E-state index in [-0.39, 0.29) is 5.76 Å². The van der Waals surface area contributed by atoms with Gasteiger partial charge in [-0.15, -0.1) is 0 Å². The van der Waals surface area contributed by atoms with Crippen LogP contribution in [-0.2, 0) is 0 Å². The Morgan fingerprint density at radius 3 is 2.12 bits per heavy atom. The average Bonchev–Trinajstić information content (AvgIpc) is 2.25. The molecule has 1 aromatic carbocycles. The molecule has 0 radical (unpaired) electrons. The highest BCUT2D eigenvalue weighted by molar-refractivity contribution is 5.32. The average molecular weight is 236 g/mol. The molecule has 1 aliphatic rings. The highest BCUT2D eigenvalue weighted by Gasteiger charge is 2.46. The molecular formula is C12H12O5. The van der Waals surface area contributed by atoms with E-state index in [1.165, 1.54) is 6.08 Å². The van der Waals surface area contributed by atoms with E-state index < -0.39 is 11.6 Å². The molecule has 90 valence electrons. The van der Waals surface area contributed by atoms with E-state index in [1.807, 2.05) is 6.07 Å². The van der Waals surface area contributed by atoms with Gasteiger partial charge in [-0.1, -0.05) is 18.2 Å². The first-order valence-corrected chi connectivity index (χ1v) is 4.95. The number of benzene rings is 1. The molecule has 5 nitrogen and oxygen atoms in total. The van der Waals surface area contributed by atoms with E-state index in [2.05, 4.69) is 0 Å². The zero-order chi connectivity index (χ0) is 12.5. The van der Waals surface area contributed by atoms with Crippen LogP contribution in [-0.4, -0.2) is 32.0 Å². The van der Waals surface area contributed by atoms with Crippen LogP contribution in [0.3, 0.4) is 0 Å². The van der Waals surface area contributed by atoms with Gasteiger partial charge in [-0.25, -0.2) is 0 Å². The second-order valence-electron chi connectivity index (χ2n) is 3.75. The van der Waals surface area contributed by atoms with Crippen LogP contribution in [0.4, 0.5) is 0 Å². The van der Waals surface area contributed by atoms with E-state index in [9.17, 15) is 20.4 Å². The van der Waals surface area contributed by atoms with Crippen LogP contribution in [0.2, 0.25) is 0 Å². The molecule has 0 bridgehead atoms. The van der Waals surface area contributed by atoms with Crippen molar-refractivity contribution in [3.63, 3.8) is 0 Å². The van der Waals surface area contributed by atoms with Crippen molar-refractivity contribution in [1.29, 1.82) is 0 Å². The van der Waals surface area contributed by atoms with Crippen LogP contribution in [0.25, 0.3) is 0 Å². The number of rotatable bonds is 2. The molecule has 17 heavy (non-hydrogen) atoms. The summed E-state index contributed by atoms with van der Waals surface area (Å²) in [5.41, 5.74) is 0. The van der Waals surface area contributed by atoms with E-state index in [1.54, 1.807) is 24.3 Å². The maximum Gasteiger partial charge on any atom is 0.246 e. The Morgan fingerprint density at radius 2 is 1.53 bits per heavy atom. The van der Waals surface area contributed by atoms with Gasteiger partial charge < -0.3 is 25.2 Å². The van der Waals surface area contributed by atoms with Crippen LogP contribution in [0.1, 0.15) is 0 Å². The lowest BCUT2D eigenvalue weighted by molar-refractivity contribution is -0.309. The molecule has 2 rings (SSSR count). The smallest absolute Gasteiger partial charge is 0.246 e. The maximum atomic E-state index is 9.40. The molecule has 0 saturated carbocycles. The second-order valence-corrected chi connectivity index (χ2v) is 3.75. The third-order valence-electron chi connectivity index (χ3n) is 2.34. The van der Waals surface area contributed by atoms with Gasteiger partial charge in [0.25, 0.3) is 0 Å². The standard InChI is InChI=1S/C12H12O5/c13-11(14)7-6-10(8-12(11,15)16)17-9-4-2-1-3-5-9/h1-8,13-16H. The van der Waals surface area contributed by atoms with Crippen molar-refractivity contribution < 1.29 is 25.2 Å². The number of ether oxygens (including phenoxy) is 1. The first-order valence-electron chi connectivity index (χ1n) is 4.95. The summed E-state index contributed by atoms with van der Waals surface area (Å²) in [6, 6.07) is 8.70. The van der Waals surface area contributed by atoms with Crippen molar-refractivity contribution in [2.75, 3.05) is 0 Å². The summed E-state index contributed by atoms with van der Waals surface area (Å²) < 4.78 is 5.32. The topological polar surface area (TPSA) is 90.2 Å². The summed E-state index contributed by atoms with van der Waals surface area (Å²) in [6.45, 7) is 0. The number of aliphatic hydroxyl groups is 4. The van der Waals surface area contributed by atoms with Gasteiger partial charge in [0.1, 0.15) is 11.5 Å². The Morgan fingerprint density at radius 1 is 0.882 bits per heavy atom. The first kappa shape index (κ1) is 11.8. The predicted molar refractivity (Wildman–Crippen MR) is 58.6 cm³/mol. The van der Waals surface area contributed by atoms with Gasteiger partial charge in [-0.2, -0.15) is 0 Å². The third-order valence-corrected chi connectivity index (χ3v) is 2.34. The molecule has 0 saturated heterocycles. The number of hydrogen-bond acceptors (Lipinski definition) is 5. The van der Waals surface area contributed by atoms with Crippen molar-refractivity contribution in [2.24, 2.45) is 0 Å². The Balaban J connectivity index is 2.20. The monoisotopic (exact) mass is 236 g/mol. The zero-order valence-electron chi connectivity index (χ0n) is 8.82. The largest absolute Gasteiger partial charge is 0.458 e. The summed E-state index contributed by atoms with van der Waals surface area (Å²) in [5.74, 6) is -4.90. The van der Waals surface area contributed by atoms with Crippen LogP contribution in [0.15, 0.2) is 54.3 Å². The van der Waals surface area contributed by atoms with Crippen molar-refractivity contribution in [2.45, 2.75) is 11.6 Å². The van der Waals surface area contributed by atoms with Crippen molar-refractivity contribution in [3.8, 4) is 5.75 Å². The van der Waals surface area contributed by atoms with E-state index in [0.717, 1.165) is 12.2 Å². The molecule has 0 amide bonds. The summed E-state index contributed by atoms with van der Waals surface area (Å²) in [6.07, 6.45) is 2.91. The van der Waals surface area contributed by atoms with Gasteiger partial charge >= 0.3 is 0 Å². The SMILES string of the molecule is OC1(O)C=CC(Oc2ccccc2)=CC1(O)O. The fourth-order valence-corrected chi connectivity index (χ4v) is 1.36. The van der Waals surface area contributed by atoms with Crippen LogP contribution in [0.5, 0.6) is 5.75 Å². The van der Waals surface area contributed by atoms with E-state index in [0.29, 0.717) is 5.75 Å². The summed E-state index contributed by atoms with van der Waals surface area (Å²) in [7, 11) is 0. The quantitative estimate of drug-likeness (QED) is 0.537. The van der Waals surface area contributed by atoms with Gasteiger partial charge in [-0.05, 0) is 24.3 Å². The Bertz CT molecular complexity index is 459. The normalized spacial score (nSPS) is 20.8. The van der Waals surface area contributed by atoms with Crippen LogP contribution >= 0.6 is 0 Å². The molecule has 4 N–H and O–H groups in total. The molecule has 0 spiro atoms. The van der Waals surface area contributed by atoms with Gasteiger partial charge in [0, 0.05) is 6.08 Å². The molecule has 0 aliphatic heterocycles. The fraction of sp³-hybridized carbons (Fsp3) is 0.167. The number of allylic oxidation sites excluding steroid dienone is 1. The molecule has 0 fully saturated rings. The highest BCUT2D eigenvalue weighted by atomic mass is 16.6. The zero-order valence-corrected chi connectivity index (χ0v) is 8.82. The minimum atomic E-state index is -2.79. The first-order chi connectivity index (χ1) is 7.91. The van der Waals surface area contributed by atoms with Gasteiger partial charge in [-0.3, -0.25) is 0 Å². The van der Waals surface area contributed by atoms with Gasteiger partial charge in [0.15, 0.2) is 0 Å². The van der Waals surface area contributed by atoms with E-state index in [4.69, 9.17) is 4.74 Å². The molecule has 0 atom stereocenters. The van der Waals surface area contributed by atoms with Crippen molar-refractivity contribution in [3.05, 3.63) is 54.3 Å². The molecule has 0 unspecified atom stereocenters. The summed E-state index contributed by atoms with van der Waals surface area (Å²) in [4.78, 5) is 0. The Labute approximate surface area is 97.5 Å². The molecule has 1 aromatic rings. The summed E-state index contributed by atoms with van der Waals surface area (Å²) >= 11 is 0. The van der Waals surface area contributed by atoms with Crippen LogP contribution < -0.4 is 4.74 Å². The molecule has 1 aliphatic carbocycles. The number of para-hydroxylation sites is 1. The highest BCUT2D eigenvalue weighted by Crippen LogP contribution is 2.28. The van der Waals surface area contributed by atoms with Gasteiger partial charge in [0.2, 0.25) is 11.6 Å². The molecule has 5 heteroatoms. The molecular weight excluding hydrogens is 224 g/mol. The third kappa shape index (κ3) is 2.37. The minimum absolute atomic E-state index is 0.111. The number of hydrogen-bond donors (Lipinski definition) is 4. The second kappa shape index (κ2) is 3.97. The molecule has 0 aromatic heterocycles. The van der Waals surface area contributed by atoms with Crippen molar-refractivity contribution >= 4 is 0 Å². The van der Waals surface area contributed by atoms with E-state index >= 15 is 0 Å². The minimum Gasteiger partial charge on any atom is -0.458 e. The Hall–Kier alpha value is -1.66. The summed E-state index contributed by atoms with van der Waals surface area (Å²) in [5, 5.41) is 37.3. The predicted octanol–water partition coefficient (Wildman–Crippen LogP) is -0.119. The fourth-order valence-electron chi connectivity index (χ4n) is 1.36. The lowest BCUT2D eigenvalue weighted by atomic mass is 10.00. The molecule has 0 heterocycles. The van der Waals surface area contributed by atoms with Gasteiger partial charge in [0.05, 0.1) is 0 Å². The van der Waals surface area contributed by atoms with Crippen molar-refractivity contribution in [1.82, 2.24) is 0 Å². The maximum absolute atomic E-state index is 9.40. The Kier molecular flexibility index (Phi) is 2.76. The lowest BCUT2D eigenvalue weighted by Crippen LogP contribution is -2.53.